The summed E-state index contributed by atoms with van der Waals surface area (Å²) in [6.07, 6.45) is 0.462. The Kier molecular flexibility index (Phi) is 12.0. The van der Waals surface area contributed by atoms with Crippen molar-refractivity contribution in [2.45, 2.75) is 32.4 Å². The Hall–Kier alpha value is -0.610. The zero-order valence-electron chi connectivity index (χ0n) is 16.4. The summed E-state index contributed by atoms with van der Waals surface area (Å²) in [7, 11) is 0. The number of aliphatic imine (C=N–C) groups is 1. The van der Waals surface area contributed by atoms with Crippen LogP contribution in [0.3, 0.4) is 0 Å². The summed E-state index contributed by atoms with van der Waals surface area (Å²) in [6, 6.07) is 10.7. The maximum atomic E-state index is 9.74. The highest BCUT2D eigenvalue weighted by molar-refractivity contribution is 7.59. The molecule has 4 rings (SSSR count). The molecular weight excluding hydrogens is 467 g/mol. The average Bonchev–Trinajstić information content (AvgIpc) is 2.86. The van der Waals surface area contributed by atoms with Gasteiger partial charge in [0, 0.05) is 30.6 Å². The van der Waals surface area contributed by atoms with Gasteiger partial charge in [-0.2, -0.15) is 27.0 Å². The van der Waals surface area contributed by atoms with Gasteiger partial charge < -0.3 is 20.6 Å². The molecule has 3 heterocycles. The van der Waals surface area contributed by atoms with Gasteiger partial charge in [-0.15, -0.1) is 36.2 Å². The molecule has 2 aromatic rings. The van der Waals surface area contributed by atoms with Crippen LogP contribution in [0.4, 0.5) is 16.4 Å². The summed E-state index contributed by atoms with van der Waals surface area (Å²) in [5.41, 5.74) is 3.21. The number of anilines is 2. The SMILES string of the molecule is Cc1cc2c(s1)Nc1ccccc1N=C2N1CCN[C@@H](C[C@H](C)O)C1.Cl.Cl.S.S. The van der Waals surface area contributed by atoms with Crippen LogP contribution in [-0.4, -0.2) is 47.6 Å². The number of thiophene rings is 1. The number of aliphatic hydroxyl groups is 1. The minimum Gasteiger partial charge on any atom is -0.393 e. The molecular formula is C19H30Cl2N4OS3. The fourth-order valence-electron chi connectivity index (χ4n) is 3.58. The first kappa shape index (κ1) is 28.4. The highest BCUT2D eigenvalue weighted by Gasteiger charge is 2.27. The van der Waals surface area contributed by atoms with Crippen LogP contribution in [0.1, 0.15) is 23.8 Å². The molecule has 10 heteroatoms. The highest BCUT2D eigenvalue weighted by atomic mass is 35.5. The number of hydrogen-bond acceptors (Lipinski definition) is 6. The number of piperazine rings is 1. The number of benzene rings is 1. The fraction of sp³-hybridized carbons (Fsp3) is 0.421. The molecule has 0 aliphatic carbocycles. The summed E-state index contributed by atoms with van der Waals surface area (Å²) in [4.78, 5) is 8.66. The lowest BCUT2D eigenvalue weighted by atomic mass is 10.1. The monoisotopic (exact) mass is 496 g/mol. The number of halogens is 2. The van der Waals surface area contributed by atoms with Crippen molar-refractivity contribution in [1.82, 2.24) is 10.2 Å². The van der Waals surface area contributed by atoms with Gasteiger partial charge in [-0.25, -0.2) is 4.99 Å². The molecule has 0 bridgehead atoms. The van der Waals surface area contributed by atoms with Crippen LogP contribution in [0.15, 0.2) is 35.3 Å². The van der Waals surface area contributed by atoms with E-state index in [0.29, 0.717) is 0 Å². The third-order valence-corrected chi connectivity index (χ3v) is 5.62. The van der Waals surface area contributed by atoms with Gasteiger partial charge in [0.15, 0.2) is 0 Å². The second kappa shape index (κ2) is 12.3. The Morgan fingerprint density at radius 2 is 2.00 bits per heavy atom. The summed E-state index contributed by atoms with van der Waals surface area (Å²) in [6.45, 7) is 6.68. The third kappa shape index (κ3) is 6.43. The van der Waals surface area contributed by atoms with Crippen LogP contribution in [0, 0.1) is 6.92 Å². The Bertz CT molecular complexity index is 817. The van der Waals surface area contributed by atoms with Gasteiger partial charge in [0.05, 0.1) is 23.0 Å². The van der Waals surface area contributed by atoms with E-state index in [1.807, 2.05) is 19.1 Å². The third-order valence-electron chi connectivity index (χ3n) is 4.66. The molecule has 0 unspecified atom stereocenters. The topological polar surface area (TPSA) is 59.9 Å². The summed E-state index contributed by atoms with van der Waals surface area (Å²) >= 11 is 1.77. The van der Waals surface area contributed by atoms with Gasteiger partial charge in [-0.3, -0.25) is 0 Å². The number of para-hydroxylation sites is 2. The highest BCUT2D eigenvalue weighted by Crippen LogP contribution is 2.39. The predicted octanol–water partition coefficient (Wildman–Crippen LogP) is 4.31. The van der Waals surface area contributed by atoms with Crippen LogP contribution in [-0.2, 0) is 0 Å². The molecule has 29 heavy (non-hydrogen) atoms. The summed E-state index contributed by atoms with van der Waals surface area (Å²) in [5.74, 6) is 1.04. The van der Waals surface area contributed by atoms with Crippen LogP contribution < -0.4 is 10.6 Å². The average molecular weight is 498 g/mol. The largest absolute Gasteiger partial charge is 0.393 e. The smallest absolute Gasteiger partial charge is 0.139 e. The van der Waals surface area contributed by atoms with Crippen molar-refractivity contribution in [3.05, 3.63) is 40.8 Å². The van der Waals surface area contributed by atoms with E-state index in [0.717, 1.165) is 48.3 Å². The van der Waals surface area contributed by atoms with E-state index in [1.54, 1.807) is 11.3 Å². The molecule has 1 aromatic heterocycles. The quantitative estimate of drug-likeness (QED) is 0.579. The van der Waals surface area contributed by atoms with Crippen LogP contribution in [0.5, 0.6) is 0 Å². The molecule has 3 N–H and O–H groups in total. The van der Waals surface area contributed by atoms with Gasteiger partial charge in [-0.1, -0.05) is 12.1 Å². The van der Waals surface area contributed by atoms with Crippen LogP contribution in [0.2, 0.25) is 0 Å². The molecule has 1 fully saturated rings. The van der Waals surface area contributed by atoms with Crippen LogP contribution in [0.25, 0.3) is 0 Å². The van der Waals surface area contributed by atoms with Crippen molar-refractivity contribution in [2.75, 3.05) is 25.0 Å². The van der Waals surface area contributed by atoms with Gasteiger partial charge in [0.25, 0.3) is 0 Å². The molecule has 164 valence electrons. The van der Waals surface area contributed by atoms with Gasteiger partial charge >= 0.3 is 0 Å². The lowest BCUT2D eigenvalue weighted by Crippen LogP contribution is -2.53. The van der Waals surface area contributed by atoms with E-state index >= 15 is 0 Å². The summed E-state index contributed by atoms with van der Waals surface area (Å²) in [5, 5.41) is 18.0. The molecule has 1 aromatic carbocycles. The maximum absolute atomic E-state index is 9.74. The zero-order chi connectivity index (χ0) is 17.4. The van der Waals surface area contributed by atoms with Gasteiger partial charge in [0.2, 0.25) is 0 Å². The number of nitrogens with one attached hydrogen (secondary N) is 2. The van der Waals surface area contributed by atoms with Crippen molar-refractivity contribution in [2.24, 2.45) is 4.99 Å². The number of fused-ring (bicyclic) bond motifs is 2. The van der Waals surface area contributed by atoms with E-state index in [2.05, 4.69) is 40.7 Å². The molecule has 2 aliphatic rings. The number of aryl methyl sites for hydroxylation is 1. The second-order valence-electron chi connectivity index (χ2n) is 6.86. The predicted molar refractivity (Wildman–Crippen MR) is 140 cm³/mol. The molecule has 0 amide bonds. The molecule has 1 saturated heterocycles. The molecule has 5 nitrogen and oxygen atoms in total. The first-order valence-corrected chi connectivity index (χ1v) is 9.64. The van der Waals surface area contributed by atoms with Crippen molar-refractivity contribution >= 4 is 85.4 Å². The lowest BCUT2D eigenvalue weighted by Gasteiger charge is -2.36. The Balaban J connectivity index is 0.00000196. The molecule has 0 radical (unpaired) electrons. The van der Waals surface area contributed by atoms with E-state index < -0.39 is 0 Å². The normalized spacial score (nSPS) is 18.0. The van der Waals surface area contributed by atoms with Crippen molar-refractivity contribution < 1.29 is 5.11 Å². The van der Waals surface area contributed by atoms with E-state index in [9.17, 15) is 5.11 Å². The number of aliphatic hydroxyl groups excluding tert-OH is 1. The first-order valence-electron chi connectivity index (χ1n) is 8.82. The first-order chi connectivity index (χ1) is 12.1. The Morgan fingerprint density at radius 1 is 1.28 bits per heavy atom. The number of amidine groups is 1. The molecule has 0 saturated carbocycles. The lowest BCUT2D eigenvalue weighted by molar-refractivity contribution is 0.151. The molecule has 2 aliphatic heterocycles. The minimum atomic E-state index is -0.296. The number of hydrogen-bond donors (Lipinski definition) is 3. The van der Waals surface area contributed by atoms with Gasteiger partial charge in [0.1, 0.15) is 10.8 Å². The van der Waals surface area contributed by atoms with Gasteiger partial charge in [-0.05, 0) is 38.5 Å². The minimum absolute atomic E-state index is 0. The van der Waals surface area contributed by atoms with Crippen molar-refractivity contribution in [1.29, 1.82) is 0 Å². The molecule has 2 atom stereocenters. The van der Waals surface area contributed by atoms with E-state index in [1.165, 1.54) is 10.4 Å². The zero-order valence-corrected chi connectivity index (χ0v) is 20.9. The van der Waals surface area contributed by atoms with E-state index in [-0.39, 0.29) is 64.0 Å². The molecule has 0 spiro atoms. The standard InChI is InChI=1S/C19H24N4OS.2ClH.2H2S/c1-12(24)9-14-11-23(8-7-20-14)18-15-10-13(2)25-19(15)22-17-6-4-3-5-16(17)21-18;;;;/h3-6,10,12,14,20,22,24H,7-9,11H2,1-2H3;2*1H;2*1H2/t12-,14-;;;;/m0..../s1. The van der Waals surface area contributed by atoms with E-state index in [4.69, 9.17) is 4.99 Å². The summed E-state index contributed by atoms with van der Waals surface area (Å²) < 4.78 is 0. The van der Waals surface area contributed by atoms with Crippen LogP contribution >= 0.6 is 63.1 Å². The van der Waals surface area contributed by atoms with Crippen molar-refractivity contribution in [3.8, 4) is 0 Å². The second-order valence-corrected chi connectivity index (χ2v) is 8.12. The maximum Gasteiger partial charge on any atom is 0.139 e. The number of rotatable bonds is 2. The fourth-order valence-corrected chi connectivity index (χ4v) is 4.50. The Morgan fingerprint density at radius 3 is 2.72 bits per heavy atom. The van der Waals surface area contributed by atoms with Crippen molar-refractivity contribution in [3.63, 3.8) is 0 Å². The number of nitrogens with zero attached hydrogens (tertiary/aromatic N) is 2. The Labute approximate surface area is 203 Å².